The molecule has 0 bridgehead atoms. The second kappa shape index (κ2) is 7.47. The van der Waals surface area contributed by atoms with E-state index < -0.39 is 0 Å². The highest BCUT2D eigenvalue weighted by atomic mass is 16.5. The lowest BCUT2D eigenvalue weighted by Crippen LogP contribution is -2.27. The molecule has 0 N–H and O–H groups in total. The minimum absolute atomic E-state index is 0.00393. The summed E-state index contributed by atoms with van der Waals surface area (Å²) >= 11 is 0. The normalized spacial score (nSPS) is 19.3. The van der Waals surface area contributed by atoms with Gasteiger partial charge in [0.2, 0.25) is 0 Å². The zero-order chi connectivity index (χ0) is 14.4. The fraction of sp³-hybridized carbons (Fsp3) is 0.611. The molecule has 20 heavy (non-hydrogen) atoms. The van der Waals surface area contributed by atoms with E-state index in [4.69, 9.17) is 4.74 Å². The van der Waals surface area contributed by atoms with Crippen LogP contribution in [0.5, 0.6) is 0 Å². The Balaban J connectivity index is 1.95. The number of hydrogen-bond acceptors (Lipinski definition) is 2. The fourth-order valence-electron chi connectivity index (χ4n) is 3.28. The van der Waals surface area contributed by atoms with Crippen LogP contribution in [0.2, 0.25) is 0 Å². The molecule has 1 aliphatic rings. The van der Waals surface area contributed by atoms with Crippen molar-refractivity contribution in [3.63, 3.8) is 0 Å². The lowest BCUT2D eigenvalue weighted by Gasteiger charge is -2.29. The highest BCUT2D eigenvalue weighted by Gasteiger charge is 2.30. The smallest absolute Gasteiger partial charge is 0.309 e. The number of carbonyl (C=O) groups excluding carboxylic acids is 1. The van der Waals surface area contributed by atoms with E-state index in [1.807, 2.05) is 37.3 Å². The predicted molar refractivity (Wildman–Crippen MR) is 81.3 cm³/mol. The van der Waals surface area contributed by atoms with Crippen molar-refractivity contribution in [2.24, 2.45) is 11.8 Å². The second-order valence-electron chi connectivity index (χ2n) is 5.90. The van der Waals surface area contributed by atoms with Gasteiger partial charge < -0.3 is 4.74 Å². The molecule has 0 saturated heterocycles. The van der Waals surface area contributed by atoms with Gasteiger partial charge in [-0.25, -0.2) is 0 Å². The van der Waals surface area contributed by atoms with Crippen molar-refractivity contribution in [1.82, 2.24) is 0 Å². The number of esters is 1. The number of hydrogen-bond donors (Lipinski definition) is 0. The van der Waals surface area contributed by atoms with Crippen LogP contribution in [0.25, 0.3) is 0 Å². The quantitative estimate of drug-likeness (QED) is 0.714. The van der Waals surface area contributed by atoms with Crippen LogP contribution in [-0.4, -0.2) is 5.97 Å². The maximum absolute atomic E-state index is 12.4. The van der Waals surface area contributed by atoms with Crippen molar-refractivity contribution in [2.75, 3.05) is 0 Å². The van der Waals surface area contributed by atoms with Crippen LogP contribution in [0.15, 0.2) is 30.3 Å². The molecule has 0 spiro atoms. The molecule has 2 nitrogen and oxygen atoms in total. The SMILES string of the molecule is CCC(C(=O)OC(C)c1ccccc1)C1CCCCC1. The Labute approximate surface area is 122 Å². The van der Waals surface area contributed by atoms with Crippen LogP contribution in [0.3, 0.4) is 0 Å². The predicted octanol–water partition coefficient (Wildman–Crippen LogP) is 4.90. The Morgan fingerprint density at radius 1 is 1.20 bits per heavy atom. The minimum atomic E-state index is -0.152. The topological polar surface area (TPSA) is 26.3 Å². The van der Waals surface area contributed by atoms with Gasteiger partial charge in [-0.3, -0.25) is 4.79 Å². The molecule has 2 heteroatoms. The first-order valence-electron chi connectivity index (χ1n) is 7.97. The van der Waals surface area contributed by atoms with Crippen LogP contribution in [0.4, 0.5) is 0 Å². The van der Waals surface area contributed by atoms with Gasteiger partial charge in [-0.15, -0.1) is 0 Å². The molecule has 0 heterocycles. The van der Waals surface area contributed by atoms with Crippen molar-refractivity contribution < 1.29 is 9.53 Å². The van der Waals surface area contributed by atoms with E-state index in [0.717, 1.165) is 12.0 Å². The molecule has 110 valence electrons. The molecule has 1 saturated carbocycles. The zero-order valence-corrected chi connectivity index (χ0v) is 12.7. The van der Waals surface area contributed by atoms with E-state index in [1.165, 1.54) is 32.1 Å². The van der Waals surface area contributed by atoms with Gasteiger partial charge in [0.25, 0.3) is 0 Å². The number of rotatable bonds is 5. The molecule has 0 radical (unpaired) electrons. The average Bonchev–Trinajstić information content (AvgIpc) is 2.50. The van der Waals surface area contributed by atoms with Gasteiger partial charge in [-0.2, -0.15) is 0 Å². The van der Waals surface area contributed by atoms with E-state index in [0.29, 0.717) is 5.92 Å². The van der Waals surface area contributed by atoms with Crippen molar-refractivity contribution in [2.45, 2.75) is 58.5 Å². The maximum Gasteiger partial charge on any atom is 0.309 e. The third-order valence-corrected chi connectivity index (χ3v) is 4.52. The van der Waals surface area contributed by atoms with E-state index in [2.05, 4.69) is 6.92 Å². The van der Waals surface area contributed by atoms with E-state index in [9.17, 15) is 4.79 Å². The van der Waals surface area contributed by atoms with Gasteiger partial charge in [0.15, 0.2) is 0 Å². The minimum Gasteiger partial charge on any atom is -0.458 e. The number of ether oxygens (including phenoxy) is 1. The van der Waals surface area contributed by atoms with E-state index in [1.54, 1.807) is 0 Å². The Kier molecular flexibility index (Phi) is 5.63. The van der Waals surface area contributed by atoms with E-state index >= 15 is 0 Å². The first-order chi connectivity index (χ1) is 9.72. The van der Waals surface area contributed by atoms with Crippen molar-refractivity contribution in [1.29, 1.82) is 0 Å². The molecule has 1 aromatic carbocycles. The van der Waals surface area contributed by atoms with Gasteiger partial charge in [-0.05, 0) is 37.7 Å². The molecule has 2 rings (SSSR count). The standard InChI is InChI=1S/C18H26O2/c1-3-17(16-12-8-5-9-13-16)18(19)20-14(2)15-10-6-4-7-11-15/h4,6-7,10-11,14,16-17H,3,5,8-9,12-13H2,1-2H3. The first-order valence-corrected chi connectivity index (χ1v) is 7.97. The van der Waals surface area contributed by atoms with Gasteiger partial charge in [0.05, 0.1) is 5.92 Å². The van der Waals surface area contributed by atoms with Crippen LogP contribution in [0, 0.1) is 11.8 Å². The van der Waals surface area contributed by atoms with Gasteiger partial charge >= 0.3 is 5.97 Å². The molecule has 1 aromatic rings. The third kappa shape index (κ3) is 3.84. The van der Waals surface area contributed by atoms with E-state index in [-0.39, 0.29) is 18.0 Å². The molecule has 1 fully saturated rings. The summed E-state index contributed by atoms with van der Waals surface area (Å²) in [6, 6.07) is 9.98. The van der Waals surface area contributed by atoms with Crippen molar-refractivity contribution in [3.8, 4) is 0 Å². The monoisotopic (exact) mass is 274 g/mol. The molecule has 0 aromatic heterocycles. The fourth-order valence-corrected chi connectivity index (χ4v) is 3.28. The van der Waals surface area contributed by atoms with Gasteiger partial charge in [-0.1, -0.05) is 56.5 Å². The zero-order valence-electron chi connectivity index (χ0n) is 12.7. The summed E-state index contributed by atoms with van der Waals surface area (Å²) in [5, 5.41) is 0. The Morgan fingerprint density at radius 2 is 1.85 bits per heavy atom. The number of carbonyl (C=O) groups is 1. The number of benzene rings is 1. The summed E-state index contributed by atoms with van der Waals surface area (Å²) in [7, 11) is 0. The Bertz CT molecular complexity index is 407. The molecule has 1 aliphatic carbocycles. The summed E-state index contributed by atoms with van der Waals surface area (Å²) < 4.78 is 5.70. The molecule has 2 atom stereocenters. The highest BCUT2D eigenvalue weighted by Crippen LogP contribution is 2.33. The Hall–Kier alpha value is -1.31. The highest BCUT2D eigenvalue weighted by molar-refractivity contribution is 5.73. The van der Waals surface area contributed by atoms with Crippen LogP contribution in [0.1, 0.15) is 64.0 Å². The molecule has 0 amide bonds. The van der Waals surface area contributed by atoms with Gasteiger partial charge in [0.1, 0.15) is 6.10 Å². The van der Waals surface area contributed by atoms with Crippen LogP contribution < -0.4 is 0 Å². The summed E-state index contributed by atoms with van der Waals surface area (Å²) in [5.74, 6) is 0.612. The van der Waals surface area contributed by atoms with Crippen LogP contribution >= 0.6 is 0 Å². The molecule has 2 unspecified atom stereocenters. The second-order valence-corrected chi connectivity index (χ2v) is 5.90. The summed E-state index contributed by atoms with van der Waals surface area (Å²) in [6.45, 7) is 4.06. The van der Waals surface area contributed by atoms with Crippen LogP contribution in [-0.2, 0) is 9.53 Å². The lowest BCUT2D eigenvalue weighted by atomic mass is 9.79. The van der Waals surface area contributed by atoms with Gasteiger partial charge in [0, 0.05) is 0 Å². The molecule has 0 aliphatic heterocycles. The summed E-state index contributed by atoms with van der Waals surface area (Å²) in [6.07, 6.45) is 6.97. The third-order valence-electron chi connectivity index (χ3n) is 4.52. The Morgan fingerprint density at radius 3 is 2.45 bits per heavy atom. The summed E-state index contributed by atoms with van der Waals surface area (Å²) in [4.78, 5) is 12.4. The molecular weight excluding hydrogens is 248 g/mol. The molecular formula is C18H26O2. The first kappa shape index (κ1) is 15.1. The largest absolute Gasteiger partial charge is 0.458 e. The van der Waals surface area contributed by atoms with Crippen molar-refractivity contribution >= 4 is 5.97 Å². The lowest BCUT2D eigenvalue weighted by molar-refractivity contribution is -0.156. The average molecular weight is 274 g/mol. The van der Waals surface area contributed by atoms with Crippen molar-refractivity contribution in [3.05, 3.63) is 35.9 Å². The summed E-state index contributed by atoms with van der Waals surface area (Å²) in [5.41, 5.74) is 1.07. The maximum atomic E-state index is 12.4.